The van der Waals surface area contributed by atoms with Crippen LogP contribution in [0.15, 0.2) is 12.4 Å². The minimum atomic E-state index is -1.09. The smallest absolute Gasteiger partial charge is 0.348 e. The average molecular weight is 516 g/mol. The third kappa shape index (κ3) is 4.84. The number of thiazole rings is 1. The maximum atomic E-state index is 12.9. The van der Waals surface area contributed by atoms with E-state index in [1.807, 2.05) is 11.0 Å². The summed E-state index contributed by atoms with van der Waals surface area (Å²) in [4.78, 5) is 42.6. The largest absolute Gasteiger partial charge is 0.477 e. The van der Waals surface area contributed by atoms with Gasteiger partial charge in [-0.25, -0.2) is 9.78 Å². The van der Waals surface area contributed by atoms with Crippen LogP contribution < -0.4 is 10.2 Å². The van der Waals surface area contributed by atoms with Crippen molar-refractivity contribution in [1.82, 2.24) is 25.3 Å². The molecule has 182 valence electrons. The van der Waals surface area contributed by atoms with Gasteiger partial charge in [0, 0.05) is 32.1 Å². The summed E-state index contributed by atoms with van der Waals surface area (Å²) in [5.74, 6) is -1.54. The summed E-state index contributed by atoms with van der Waals surface area (Å²) in [5.41, 5.74) is 2.11. The molecule has 1 fully saturated rings. The Labute approximate surface area is 209 Å². The number of nitrogens with zero attached hydrogens (tertiary/aromatic N) is 5. The molecule has 1 aliphatic rings. The fraction of sp³-hybridized carbons (Fsp3) is 0.364. The van der Waals surface area contributed by atoms with Crippen molar-refractivity contribution in [2.75, 3.05) is 25.1 Å². The van der Waals surface area contributed by atoms with E-state index in [9.17, 15) is 20.0 Å². The summed E-state index contributed by atoms with van der Waals surface area (Å²) in [6, 6.07) is 1.63. The highest BCUT2D eigenvalue weighted by Gasteiger charge is 2.34. The molecule has 3 aromatic heterocycles. The zero-order valence-corrected chi connectivity index (χ0v) is 20.7. The van der Waals surface area contributed by atoms with Crippen molar-refractivity contribution < 1.29 is 19.4 Å². The summed E-state index contributed by atoms with van der Waals surface area (Å²) in [6.07, 6.45) is 3.18. The molecule has 0 aromatic carbocycles. The van der Waals surface area contributed by atoms with Crippen molar-refractivity contribution in [3.63, 3.8) is 0 Å². The lowest BCUT2D eigenvalue weighted by molar-refractivity contribution is 0.0540. The van der Waals surface area contributed by atoms with Gasteiger partial charge in [0.15, 0.2) is 5.13 Å². The summed E-state index contributed by atoms with van der Waals surface area (Å²) in [7, 11) is 1.54. The van der Waals surface area contributed by atoms with Gasteiger partial charge in [0.1, 0.15) is 33.6 Å². The van der Waals surface area contributed by atoms with Gasteiger partial charge in [-0.15, -0.1) is 0 Å². The van der Waals surface area contributed by atoms with E-state index in [0.29, 0.717) is 41.7 Å². The van der Waals surface area contributed by atoms with E-state index < -0.39 is 18.0 Å². The van der Waals surface area contributed by atoms with E-state index in [4.69, 9.17) is 16.3 Å². The van der Waals surface area contributed by atoms with Gasteiger partial charge in [-0.2, -0.15) is 5.26 Å². The molecule has 4 heterocycles. The number of carboxylic acid groups (broad SMARTS) is 1. The van der Waals surface area contributed by atoms with E-state index in [2.05, 4.69) is 25.3 Å². The number of halogens is 1. The number of carbonyl (C=O) groups excluding carboxylic acids is 1. The number of nitriles is 1. The third-order valence-electron chi connectivity index (χ3n) is 5.73. The second kappa shape index (κ2) is 9.99. The Bertz CT molecular complexity index is 1310. The van der Waals surface area contributed by atoms with E-state index in [-0.39, 0.29) is 32.9 Å². The van der Waals surface area contributed by atoms with Crippen molar-refractivity contribution in [2.45, 2.75) is 32.4 Å². The normalized spacial score (nSPS) is 17.7. The lowest BCUT2D eigenvalue weighted by Gasteiger charge is -2.37. The number of aromatic nitrogens is 4. The van der Waals surface area contributed by atoms with Crippen LogP contribution in [0.3, 0.4) is 0 Å². The Balaban J connectivity index is 1.53. The number of carboxylic acids is 1. The van der Waals surface area contributed by atoms with Crippen molar-refractivity contribution >= 4 is 39.9 Å². The number of piperidine rings is 1. The molecule has 2 atom stereocenters. The summed E-state index contributed by atoms with van der Waals surface area (Å²) < 4.78 is 5.64. The van der Waals surface area contributed by atoms with Gasteiger partial charge in [0.05, 0.1) is 29.1 Å². The zero-order chi connectivity index (χ0) is 25.3. The van der Waals surface area contributed by atoms with Gasteiger partial charge in [-0.3, -0.25) is 14.8 Å². The van der Waals surface area contributed by atoms with E-state index >= 15 is 0 Å². The number of rotatable bonds is 6. The quantitative estimate of drug-likeness (QED) is 0.449. The number of hydrogen-bond acceptors (Lipinski definition) is 9. The van der Waals surface area contributed by atoms with Gasteiger partial charge in [0.2, 0.25) is 0 Å². The molecular weight excluding hydrogens is 494 g/mol. The van der Waals surface area contributed by atoms with Crippen LogP contribution in [0.1, 0.15) is 43.5 Å². The molecule has 3 N–H and O–H groups in total. The molecule has 11 nitrogen and oxygen atoms in total. The van der Waals surface area contributed by atoms with E-state index in [1.165, 1.54) is 6.20 Å². The van der Waals surface area contributed by atoms with Gasteiger partial charge in [-0.05, 0) is 20.3 Å². The number of aromatic amines is 1. The molecular formula is C22H22ClN7O4S. The first-order chi connectivity index (χ1) is 16.7. The van der Waals surface area contributed by atoms with E-state index in [1.54, 1.807) is 27.2 Å². The molecule has 3 aromatic rings. The number of aromatic carboxylic acids is 1. The van der Waals surface area contributed by atoms with Crippen LogP contribution in [-0.2, 0) is 4.74 Å². The molecule has 4 rings (SSSR count). The van der Waals surface area contributed by atoms with Crippen LogP contribution >= 0.6 is 22.9 Å². The second-order valence-electron chi connectivity index (χ2n) is 8.04. The van der Waals surface area contributed by atoms with Crippen molar-refractivity contribution in [2.24, 2.45) is 0 Å². The van der Waals surface area contributed by atoms with Crippen LogP contribution in [0.25, 0.3) is 11.4 Å². The summed E-state index contributed by atoms with van der Waals surface area (Å²) >= 11 is 7.17. The first-order valence-corrected chi connectivity index (χ1v) is 11.8. The Morgan fingerprint density at radius 3 is 2.77 bits per heavy atom. The minimum absolute atomic E-state index is 0.0746. The highest BCUT2D eigenvalue weighted by molar-refractivity contribution is 7.17. The maximum Gasteiger partial charge on any atom is 0.348 e. The monoisotopic (exact) mass is 515 g/mol. The number of H-pyrrole nitrogens is 1. The molecule has 0 bridgehead atoms. The molecule has 35 heavy (non-hydrogen) atoms. The molecule has 0 spiro atoms. The Morgan fingerprint density at radius 1 is 1.37 bits per heavy atom. The van der Waals surface area contributed by atoms with Crippen LogP contribution in [0.4, 0.5) is 5.13 Å². The van der Waals surface area contributed by atoms with Crippen LogP contribution in [-0.4, -0.2) is 69.3 Å². The maximum absolute atomic E-state index is 12.9. The number of methoxy groups -OCH3 is 1. The molecule has 0 aliphatic carbocycles. The molecule has 13 heteroatoms. The zero-order valence-electron chi connectivity index (χ0n) is 19.1. The van der Waals surface area contributed by atoms with Gasteiger partial charge < -0.3 is 25.0 Å². The lowest BCUT2D eigenvalue weighted by atomic mass is 10.0. The fourth-order valence-electron chi connectivity index (χ4n) is 3.89. The Kier molecular flexibility index (Phi) is 7.02. The molecule has 1 amide bonds. The van der Waals surface area contributed by atoms with Crippen LogP contribution in [0.2, 0.25) is 5.02 Å². The van der Waals surface area contributed by atoms with Crippen molar-refractivity contribution in [3.8, 4) is 17.5 Å². The van der Waals surface area contributed by atoms with Gasteiger partial charge >= 0.3 is 5.97 Å². The van der Waals surface area contributed by atoms with Crippen LogP contribution in [0, 0.1) is 25.2 Å². The molecule has 1 saturated heterocycles. The number of nitrogens with one attached hydrogen (secondary N) is 2. The average Bonchev–Trinajstić information content (AvgIpc) is 3.41. The van der Waals surface area contributed by atoms with Gasteiger partial charge in [-0.1, -0.05) is 22.9 Å². The number of amides is 1. The number of ether oxygens (including phenoxy) is 1. The molecule has 0 unspecified atom stereocenters. The number of anilines is 1. The topological polar surface area (TPSA) is 157 Å². The molecule has 0 radical (unpaired) electrons. The third-order valence-corrected chi connectivity index (χ3v) is 7.31. The van der Waals surface area contributed by atoms with Gasteiger partial charge in [0.25, 0.3) is 5.91 Å². The Morgan fingerprint density at radius 2 is 2.14 bits per heavy atom. The first kappa shape index (κ1) is 24.6. The predicted molar refractivity (Wildman–Crippen MR) is 129 cm³/mol. The number of carbonyl (C=O) groups is 2. The highest BCUT2D eigenvalue weighted by Crippen LogP contribution is 2.34. The number of hydrogen-bond donors (Lipinski definition) is 3. The molecule has 0 saturated carbocycles. The summed E-state index contributed by atoms with van der Waals surface area (Å²) in [5, 5.41) is 22.7. The molecule has 1 aliphatic heterocycles. The fourth-order valence-corrected chi connectivity index (χ4v) is 5.02. The van der Waals surface area contributed by atoms with E-state index in [0.717, 1.165) is 11.3 Å². The highest BCUT2D eigenvalue weighted by atomic mass is 35.5. The van der Waals surface area contributed by atoms with Crippen molar-refractivity contribution in [1.29, 1.82) is 5.26 Å². The first-order valence-electron chi connectivity index (χ1n) is 10.6. The van der Waals surface area contributed by atoms with Crippen molar-refractivity contribution in [3.05, 3.63) is 44.9 Å². The second-order valence-corrected chi connectivity index (χ2v) is 9.39. The lowest BCUT2D eigenvalue weighted by Crippen LogP contribution is -2.55. The predicted octanol–water partition coefficient (Wildman–Crippen LogP) is 2.79. The Hall–Kier alpha value is -3.53. The minimum Gasteiger partial charge on any atom is -0.477 e. The van der Waals surface area contributed by atoms with Crippen LogP contribution in [0.5, 0.6) is 0 Å². The SMILES string of the molecule is CO[C@H]1CN(c2nc(-c3cnc(C)cn3)c(C(=O)O)s2)CC[C@H]1NC(=O)c1[nH]c(C)c(Cl)c1C#N. The standard InChI is InChI=1S/C22H22ClN7O4S/c1-10-7-26-14(8-25-10)18-19(21(32)33)35-22(29-18)30-5-4-13(15(9-30)34-3)28-20(31)17-12(6-24)16(23)11(2)27-17/h7-8,13,15,27H,4-5,9H2,1-3H3,(H,28,31)(H,32,33)/t13-,15+/m1/s1. The number of aryl methyl sites for hydroxylation is 2. The summed E-state index contributed by atoms with van der Waals surface area (Å²) in [6.45, 7) is 4.36.